The number of aliphatic imine (C=N–C) groups is 1. The molecule has 0 heterocycles. The molecule has 1 atom stereocenters. The Kier molecular flexibility index (Phi) is 15.2. The standard InChI is InChI=1S/C13H28N4O.HI/c1-5-9-15-13(14-7-3)16-10-8-12(18)17-11(4)6-2;/h11H,5-10H2,1-4H3,(H,17,18)(H2,14,15,16);1H. The minimum absolute atomic E-state index is 0. The first kappa shape index (κ1) is 20.8. The lowest BCUT2D eigenvalue weighted by atomic mass is 10.2. The van der Waals surface area contributed by atoms with E-state index in [9.17, 15) is 4.79 Å². The molecule has 19 heavy (non-hydrogen) atoms. The van der Waals surface area contributed by atoms with Crippen LogP contribution < -0.4 is 16.0 Å². The number of halogens is 1. The first-order valence-corrected chi connectivity index (χ1v) is 6.95. The molecular formula is C13H29IN4O. The Balaban J connectivity index is 0. The molecule has 0 fully saturated rings. The van der Waals surface area contributed by atoms with E-state index in [0.29, 0.717) is 13.0 Å². The van der Waals surface area contributed by atoms with E-state index in [4.69, 9.17) is 0 Å². The highest BCUT2D eigenvalue weighted by atomic mass is 127. The quantitative estimate of drug-likeness (QED) is 0.340. The Morgan fingerprint density at radius 2 is 1.89 bits per heavy atom. The molecule has 0 rings (SSSR count). The minimum atomic E-state index is 0. The fraction of sp³-hybridized carbons (Fsp3) is 0.846. The lowest BCUT2D eigenvalue weighted by Gasteiger charge is -2.13. The summed E-state index contributed by atoms with van der Waals surface area (Å²) >= 11 is 0. The smallest absolute Gasteiger partial charge is 0.221 e. The molecule has 0 radical (unpaired) electrons. The molecule has 0 saturated heterocycles. The van der Waals surface area contributed by atoms with Crippen LogP contribution >= 0.6 is 24.0 Å². The molecule has 5 nitrogen and oxygen atoms in total. The molecule has 6 heteroatoms. The second-order valence-electron chi connectivity index (χ2n) is 4.31. The zero-order chi connectivity index (χ0) is 13.8. The van der Waals surface area contributed by atoms with Gasteiger partial charge in [0.1, 0.15) is 0 Å². The van der Waals surface area contributed by atoms with E-state index in [1.807, 2.05) is 13.8 Å². The maximum absolute atomic E-state index is 11.6. The minimum Gasteiger partial charge on any atom is -0.357 e. The Hall–Kier alpha value is -0.530. The monoisotopic (exact) mass is 384 g/mol. The number of rotatable bonds is 8. The SMILES string of the molecule is CCCN=C(NCC)NCCC(=O)NC(C)CC.I. The van der Waals surface area contributed by atoms with Gasteiger partial charge in [-0.1, -0.05) is 13.8 Å². The second kappa shape index (κ2) is 13.9. The Bertz CT molecular complexity index is 259. The molecule has 0 aliphatic rings. The summed E-state index contributed by atoms with van der Waals surface area (Å²) in [5.41, 5.74) is 0. The molecule has 0 saturated carbocycles. The number of nitrogens with zero attached hydrogens (tertiary/aromatic N) is 1. The van der Waals surface area contributed by atoms with Crippen molar-refractivity contribution in [1.29, 1.82) is 0 Å². The van der Waals surface area contributed by atoms with Crippen LogP contribution in [-0.4, -0.2) is 37.5 Å². The highest BCUT2D eigenvalue weighted by Gasteiger charge is 2.05. The Morgan fingerprint density at radius 3 is 2.42 bits per heavy atom. The van der Waals surface area contributed by atoms with E-state index in [1.54, 1.807) is 0 Å². The first-order valence-electron chi connectivity index (χ1n) is 6.95. The van der Waals surface area contributed by atoms with Crippen molar-refractivity contribution in [3.05, 3.63) is 0 Å². The predicted molar refractivity (Wildman–Crippen MR) is 92.2 cm³/mol. The van der Waals surface area contributed by atoms with Crippen LogP contribution in [0.15, 0.2) is 4.99 Å². The number of carbonyl (C=O) groups is 1. The summed E-state index contributed by atoms with van der Waals surface area (Å²) in [6, 6.07) is 0.250. The van der Waals surface area contributed by atoms with Crippen molar-refractivity contribution in [1.82, 2.24) is 16.0 Å². The van der Waals surface area contributed by atoms with Gasteiger partial charge in [0.25, 0.3) is 0 Å². The summed E-state index contributed by atoms with van der Waals surface area (Å²) in [4.78, 5) is 15.9. The van der Waals surface area contributed by atoms with Crippen LogP contribution in [0.2, 0.25) is 0 Å². The molecule has 0 aromatic heterocycles. The molecular weight excluding hydrogens is 355 g/mol. The van der Waals surface area contributed by atoms with Gasteiger partial charge in [0, 0.05) is 32.1 Å². The molecule has 0 aromatic carbocycles. The van der Waals surface area contributed by atoms with E-state index in [1.165, 1.54) is 0 Å². The van der Waals surface area contributed by atoms with Gasteiger partial charge >= 0.3 is 0 Å². The van der Waals surface area contributed by atoms with Crippen molar-refractivity contribution in [2.75, 3.05) is 19.6 Å². The third-order valence-electron chi connectivity index (χ3n) is 2.50. The van der Waals surface area contributed by atoms with Gasteiger partial charge in [-0.25, -0.2) is 0 Å². The largest absolute Gasteiger partial charge is 0.357 e. The van der Waals surface area contributed by atoms with E-state index in [0.717, 1.165) is 31.9 Å². The van der Waals surface area contributed by atoms with Crippen molar-refractivity contribution < 1.29 is 4.79 Å². The normalized spacial score (nSPS) is 12.3. The molecule has 0 aliphatic carbocycles. The summed E-state index contributed by atoms with van der Waals surface area (Å²) in [6.07, 6.45) is 2.45. The molecule has 1 amide bonds. The van der Waals surface area contributed by atoms with Crippen LogP contribution in [0.3, 0.4) is 0 Å². The van der Waals surface area contributed by atoms with Crippen molar-refractivity contribution in [3.8, 4) is 0 Å². The maximum atomic E-state index is 11.6. The second-order valence-corrected chi connectivity index (χ2v) is 4.31. The van der Waals surface area contributed by atoms with Crippen molar-refractivity contribution >= 4 is 35.8 Å². The van der Waals surface area contributed by atoms with E-state index in [-0.39, 0.29) is 35.9 Å². The van der Waals surface area contributed by atoms with E-state index >= 15 is 0 Å². The van der Waals surface area contributed by atoms with Gasteiger partial charge in [-0.15, -0.1) is 24.0 Å². The Labute approximate surface area is 134 Å². The van der Waals surface area contributed by atoms with Gasteiger partial charge < -0.3 is 16.0 Å². The van der Waals surface area contributed by atoms with Crippen LogP contribution in [0, 0.1) is 0 Å². The van der Waals surface area contributed by atoms with Crippen molar-refractivity contribution in [2.45, 2.75) is 53.0 Å². The molecule has 0 aliphatic heterocycles. The van der Waals surface area contributed by atoms with Gasteiger partial charge in [0.05, 0.1) is 0 Å². The van der Waals surface area contributed by atoms with Gasteiger partial charge in [-0.05, 0) is 26.7 Å². The van der Waals surface area contributed by atoms with Gasteiger partial charge in [-0.2, -0.15) is 0 Å². The lowest BCUT2D eigenvalue weighted by molar-refractivity contribution is -0.121. The highest BCUT2D eigenvalue weighted by molar-refractivity contribution is 14.0. The number of guanidine groups is 1. The summed E-state index contributed by atoms with van der Waals surface area (Å²) < 4.78 is 0. The van der Waals surface area contributed by atoms with Crippen LogP contribution in [0.1, 0.15) is 47.0 Å². The summed E-state index contributed by atoms with van der Waals surface area (Å²) in [5, 5.41) is 9.25. The first-order chi connectivity index (χ1) is 8.63. The molecule has 114 valence electrons. The highest BCUT2D eigenvalue weighted by Crippen LogP contribution is 1.89. The molecule has 3 N–H and O–H groups in total. The number of hydrogen-bond acceptors (Lipinski definition) is 2. The summed E-state index contributed by atoms with van der Waals surface area (Å²) in [6.45, 7) is 10.4. The van der Waals surface area contributed by atoms with Crippen molar-refractivity contribution in [2.24, 2.45) is 4.99 Å². The van der Waals surface area contributed by atoms with Crippen LogP contribution in [0.4, 0.5) is 0 Å². The van der Waals surface area contributed by atoms with Gasteiger partial charge in [-0.3, -0.25) is 9.79 Å². The summed E-state index contributed by atoms with van der Waals surface area (Å²) in [7, 11) is 0. The van der Waals surface area contributed by atoms with Gasteiger partial charge in [0.15, 0.2) is 5.96 Å². The Morgan fingerprint density at radius 1 is 1.21 bits per heavy atom. The predicted octanol–water partition coefficient (Wildman–Crippen LogP) is 1.87. The molecule has 0 bridgehead atoms. The number of carbonyl (C=O) groups excluding carboxylic acids is 1. The zero-order valence-corrected chi connectivity index (χ0v) is 14.9. The van der Waals surface area contributed by atoms with E-state index in [2.05, 4.69) is 34.8 Å². The van der Waals surface area contributed by atoms with Crippen LogP contribution in [0.25, 0.3) is 0 Å². The average molecular weight is 384 g/mol. The topological polar surface area (TPSA) is 65.5 Å². The van der Waals surface area contributed by atoms with E-state index < -0.39 is 0 Å². The van der Waals surface area contributed by atoms with Gasteiger partial charge in [0.2, 0.25) is 5.91 Å². The molecule has 0 spiro atoms. The number of nitrogens with one attached hydrogen (secondary N) is 3. The number of amides is 1. The maximum Gasteiger partial charge on any atom is 0.221 e. The van der Waals surface area contributed by atoms with Crippen LogP contribution in [-0.2, 0) is 4.79 Å². The molecule has 1 unspecified atom stereocenters. The zero-order valence-electron chi connectivity index (χ0n) is 12.6. The fourth-order valence-corrected chi connectivity index (χ4v) is 1.31. The van der Waals surface area contributed by atoms with Crippen LogP contribution in [0.5, 0.6) is 0 Å². The lowest BCUT2D eigenvalue weighted by Crippen LogP contribution is -2.40. The third kappa shape index (κ3) is 12.3. The third-order valence-corrected chi connectivity index (χ3v) is 2.50. The average Bonchev–Trinajstić information content (AvgIpc) is 2.35. The summed E-state index contributed by atoms with van der Waals surface area (Å²) in [5.74, 6) is 0.874. The fourth-order valence-electron chi connectivity index (χ4n) is 1.31. The number of hydrogen-bond donors (Lipinski definition) is 3. The van der Waals surface area contributed by atoms with Crippen molar-refractivity contribution in [3.63, 3.8) is 0 Å². The molecule has 0 aromatic rings.